The fraction of sp³-hybridized carbons (Fsp3) is 0.553. The summed E-state index contributed by atoms with van der Waals surface area (Å²) in [6.07, 6.45) is 12.3. The van der Waals surface area contributed by atoms with E-state index < -0.39 is 22.0 Å². The summed E-state index contributed by atoms with van der Waals surface area (Å²) in [5.74, 6) is -0.0106. The van der Waals surface area contributed by atoms with Crippen molar-refractivity contribution in [1.82, 2.24) is 28.7 Å². The van der Waals surface area contributed by atoms with Crippen molar-refractivity contribution in [3.8, 4) is 5.75 Å². The van der Waals surface area contributed by atoms with Crippen LogP contribution in [0.25, 0.3) is 10.9 Å². The Bertz CT molecular complexity index is 2020. The van der Waals surface area contributed by atoms with E-state index in [1.807, 2.05) is 22.0 Å². The number of ether oxygens (including phenoxy) is 1. The average Bonchev–Trinajstić information content (AvgIpc) is 3.52. The first kappa shape index (κ1) is 34.0. The van der Waals surface area contributed by atoms with Crippen molar-refractivity contribution < 1.29 is 27.5 Å². The van der Waals surface area contributed by atoms with Crippen LogP contribution >= 0.6 is 0 Å². The van der Waals surface area contributed by atoms with Gasteiger partial charge >= 0.3 is 16.2 Å². The van der Waals surface area contributed by atoms with Crippen LogP contribution in [0.15, 0.2) is 52.6 Å². The summed E-state index contributed by atoms with van der Waals surface area (Å²) in [6.45, 7) is 2.19. The largest absolute Gasteiger partial charge is 0.496 e. The highest BCUT2D eigenvalue weighted by atomic mass is 32.2. The van der Waals surface area contributed by atoms with Crippen LogP contribution in [0.5, 0.6) is 5.75 Å². The SMILES string of the molecule is CNC(=O)N1CCCC2CN(C(=O)[C@@H]3CC=CC4=C5C(=C5C(=O)NS(=O)(=O)N(C)C)Cn5c(cc6c(OC)ccc(C7CCCCC7)c65)C43)CC21. The van der Waals surface area contributed by atoms with E-state index >= 15 is 0 Å². The molecule has 272 valence electrons. The lowest BCUT2D eigenvalue weighted by Gasteiger charge is -2.36. The molecule has 2 saturated heterocycles. The Morgan fingerprint density at radius 1 is 1.02 bits per heavy atom. The highest BCUT2D eigenvalue weighted by molar-refractivity contribution is 7.87. The molecular formula is C38H48N6O6S. The van der Waals surface area contributed by atoms with Gasteiger partial charge in [-0.15, -0.1) is 0 Å². The second-order valence-corrected chi connectivity index (χ2v) is 17.1. The molecule has 12 nitrogen and oxygen atoms in total. The number of nitrogens with zero attached hydrogens (tertiary/aromatic N) is 4. The van der Waals surface area contributed by atoms with Crippen molar-refractivity contribution in [1.29, 1.82) is 0 Å². The molecule has 4 atom stereocenters. The van der Waals surface area contributed by atoms with Gasteiger partial charge in [-0.1, -0.05) is 37.5 Å². The van der Waals surface area contributed by atoms with E-state index in [0.29, 0.717) is 44.1 Å². The maximum atomic E-state index is 14.9. The zero-order valence-corrected chi connectivity index (χ0v) is 30.7. The minimum Gasteiger partial charge on any atom is -0.496 e. The molecule has 3 aliphatic carbocycles. The number of likely N-dealkylation sites (tertiary alicyclic amines) is 2. The van der Waals surface area contributed by atoms with Gasteiger partial charge in [0.15, 0.2) is 0 Å². The van der Waals surface area contributed by atoms with Crippen molar-refractivity contribution in [3.63, 3.8) is 0 Å². The third-order valence-electron chi connectivity index (χ3n) is 12.3. The molecule has 4 heterocycles. The molecule has 3 aliphatic heterocycles. The van der Waals surface area contributed by atoms with Crippen LogP contribution in [0.4, 0.5) is 4.79 Å². The lowest BCUT2D eigenvalue weighted by atomic mass is 9.76. The average molecular weight is 717 g/mol. The summed E-state index contributed by atoms with van der Waals surface area (Å²) in [5, 5.41) is 3.78. The molecule has 6 aliphatic rings. The van der Waals surface area contributed by atoms with Gasteiger partial charge in [0.05, 0.1) is 30.2 Å². The number of carbonyl (C=O) groups excluding carboxylic acids is 3. The maximum Gasteiger partial charge on any atom is 0.317 e. The molecule has 1 aromatic carbocycles. The summed E-state index contributed by atoms with van der Waals surface area (Å²) in [4.78, 5) is 45.2. The number of hydrogen-bond donors (Lipinski definition) is 2. The van der Waals surface area contributed by atoms with Crippen molar-refractivity contribution in [2.24, 2.45) is 11.8 Å². The number of allylic oxidation sites excluding steroid dienone is 4. The molecule has 51 heavy (non-hydrogen) atoms. The minimum atomic E-state index is -4.01. The molecule has 2 aromatic rings. The molecule has 2 N–H and O–H groups in total. The number of urea groups is 1. The van der Waals surface area contributed by atoms with Crippen LogP contribution in [0, 0.1) is 11.8 Å². The number of rotatable bonds is 6. The van der Waals surface area contributed by atoms with E-state index in [1.54, 1.807) is 14.2 Å². The molecular weight excluding hydrogens is 669 g/mol. The Hall–Kier alpha value is -4.10. The molecule has 0 bridgehead atoms. The third-order valence-corrected chi connectivity index (χ3v) is 13.7. The highest BCUT2D eigenvalue weighted by Crippen LogP contribution is 2.55. The van der Waals surface area contributed by atoms with Crippen molar-refractivity contribution in [2.45, 2.75) is 75.8 Å². The second kappa shape index (κ2) is 12.8. The van der Waals surface area contributed by atoms with E-state index in [0.717, 1.165) is 69.1 Å². The topological polar surface area (TPSA) is 133 Å². The van der Waals surface area contributed by atoms with Crippen molar-refractivity contribution >= 4 is 39.0 Å². The van der Waals surface area contributed by atoms with Gasteiger partial charge in [0, 0.05) is 64.3 Å². The lowest BCUT2D eigenvalue weighted by Crippen LogP contribution is -2.51. The fourth-order valence-corrected chi connectivity index (χ4v) is 10.3. The first-order chi connectivity index (χ1) is 24.5. The Labute approximate surface area is 299 Å². The Balaban J connectivity index is 1.25. The second-order valence-electron chi connectivity index (χ2n) is 15.2. The number of carbonyl (C=O) groups is 3. The van der Waals surface area contributed by atoms with Gasteiger partial charge in [0.25, 0.3) is 5.91 Å². The van der Waals surface area contributed by atoms with E-state index in [2.05, 4.69) is 32.8 Å². The number of aromatic nitrogens is 1. The van der Waals surface area contributed by atoms with E-state index in [1.165, 1.54) is 38.9 Å². The number of nitrogens with one attached hydrogen (secondary N) is 2. The van der Waals surface area contributed by atoms with Gasteiger partial charge in [0.2, 0.25) is 5.91 Å². The standard InChI is InChI=1S/C38H48N6O6S/c1-39-38(47)43-17-9-12-23-19-42(21-30(23)43)37(46)26-14-8-13-25-32(26)29-18-27-31(50-4)16-15-24(22-10-6-5-7-11-22)35(27)44(29)20-28-33(25)34(28)36(45)40-51(48,49)41(2)3/h8,13,15-16,18,22-23,26,30,32H,5-7,9-12,14,17,19-21H2,1-4H3,(H,39,47)(H,40,45)/t23?,26-,30?,32?/m1/s1. The maximum absolute atomic E-state index is 14.9. The molecule has 0 spiro atoms. The smallest absolute Gasteiger partial charge is 0.317 e. The number of hydrogen-bond acceptors (Lipinski definition) is 6. The molecule has 8 rings (SSSR count). The molecule has 3 fully saturated rings. The Kier molecular flexibility index (Phi) is 8.56. The molecule has 3 unspecified atom stereocenters. The first-order valence-electron chi connectivity index (χ1n) is 18.4. The van der Waals surface area contributed by atoms with Crippen LogP contribution in [0.3, 0.4) is 0 Å². The summed E-state index contributed by atoms with van der Waals surface area (Å²) < 4.78 is 37.0. The van der Waals surface area contributed by atoms with Gasteiger partial charge in [-0.2, -0.15) is 12.7 Å². The number of fused-ring (bicyclic) bond motifs is 7. The summed E-state index contributed by atoms with van der Waals surface area (Å²) in [5.41, 5.74) is 6.19. The van der Waals surface area contributed by atoms with Gasteiger partial charge < -0.3 is 24.4 Å². The van der Waals surface area contributed by atoms with Gasteiger partial charge in [-0.05, 0) is 78.4 Å². The van der Waals surface area contributed by atoms with Crippen molar-refractivity contribution in [3.05, 3.63) is 63.9 Å². The predicted octanol–water partition coefficient (Wildman–Crippen LogP) is 4.16. The minimum absolute atomic E-state index is 0.0202. The number of benzene rings is 1. The summed E-state index contributed by atoms with van der Waals surface area (Å²) in [7, 11) is 2.09. The van der Waals surface area contributed by atoms with Crippen LogP contribution in [0.2, 0.25) is 0 Å². The molecule has 13 heteroatoms. The summed E-state index contributed by atoms with van der Waals surface area (Å²) >= 11 is 0. The zero-order valence-electron chi connectivity index (χ0n) is 29.9. The van der Waals surface area contributed by atoms with Gasteiger partial charge in [-0.3, -0.25) is 9.59 Å². The number of methoxy groups -OCH3 is 1. The van der Waals surface area contributed by atoms with E-state index in [-0.39, 0.29) is 29.8 Å². The number of piperidine rings is 1. The molecule has 4 amide bonds. The quantitative estimate of drug-likeness (QED) is 0.462. The van der Waals surface area contributed by atoms with Crippen LogP contribution in [-0.4, -0.2) is 98.9 Å². The van der Waals surface area contributed by atoms with E-state index in [4.69, 9.17) is 4.74 Å². The monoisotopic (exact) mass is 716 g/mol. The zero-order chi connectivity index (χ0) is 35.8. The van der Waals surface area contributed by atoms with Crippen molar-refractivity contribution in [2.75, 3.05) is 47.9 Å². The fourth-order valence-electron chi connectivity index (χ4n) is 9.76. The molecule has 0 radical (unpaired) electrons. The Morgan fingerprint density at radius 2 is 1.80 bits per heavy atom. The number of amides is 4. The summed E-state index contributed by atoms with van der Waals surface area (Å²) in [6, 6.07) is 6.33. The molecule has 1 aromatic heterocycles. The molecule has 1 saturated carbocycles. The third kappa shape index (κ3) is 5.58. The van der Waals surface area contributed by atoms with Gasteiger partial charge in [0.1, 0.15) is 5.75 Å². The Morgan fingerprint density at radius 3 is 2.53 bits per heavy atom. The normalized spacial score (nSPS) is 26.1. The first-order valence-corrected chi connectivity index (χ1v) is 19.8. The lowest BCUT2D eigenvalue weighted by molar-refractivity contribution is -0.135. The van der Waals surface area contributed by atoms with Gasteiger partial charge in [-0.25, -0.2) is 9.52 Å². The van der Waals surface area contributed by atoms with E-state index in [9.17, 15) is 22.8 Å². The highest BCUT2D eigenvalue weighted by Gasteiger charge is 2.50. The predicted molar refractivity (Wildman–Crippen MR) is 193 cm³/mol. The van der Waals surface area contributed by atoms with Crippen LogP contribution in [0.1, 0.15) is 74.5 Å². The van der Waals surface area contributed by atoms with Crippen LogP contribution in [-0.2, 0) is 26.3 Å². The van der Waals surface area contributed by atoms with Crippen LogP contribution < -0.4 is 14.8 Å².